The first-order valence-electron chi connectivity index (χ1n) is 10.8. The Bertz CT molecular complexity index is 837. The van der Waals surface area contributed by atoms with Gasteiger partial charge in [-0.3, -0.25) is 4.90 Å². The summed E-state index contributed by atoms with van der Waals surface area (Å²) in [5, 5.41) is 12.0. The van der Waals surface area contributed by atoms with Gasteiger partial charge in [0.25, 0.3) is 0 Å². The second-order valence-corrected chi connectivity index (χ2v) is 8.71. The van der Waals surface area contributed by atoms with E-state index in [0.29, 0.717) is 6.54 Å². The van der Waals surface area contributed by atoms with Gasteiger partial charge in [-0.2, -0.15) is 0 Å². The Morgan fingerprint density at radius 3 is 2.55 bits per heavy atom. The number of likely N-dealkylation sites (tertiary alicyclic amines) is 2. The summed E-state index contributed by atoms with van der Waals surface area (Å²) in [5.74, 6) is 1.68. The van der Waals surface area contributed by atoms with Crippen molar-refractivity contribution in [3.63, 3.8) is 0 Å². The van der Waals surface area contributed by atoms with E-state index in [9.17, 15) is 5.11 Å². The van der Waals surface area contributed by atoms with E-state index in [1.54, 1.807) is 0 Å². The average molecular weight is 395 g/mol. The molecule has 0 saturated carbocycles. The van der Waals surface area contributed by atoms with Gasteiger partial charge in [-0.1, -0.05) is 42.8 Å². The predicted molar refractivity (Wildman–Crippen MR) is 112 cm³/mol. The maximum Gasteiger partial charge on any atom is 0.231 e. The van der Waals surface area contributed by atoms with Crippen LogP contribution in [0.3, 0.4) is 0 Å². The van der Waals surface area contributed by atoms with Gasteiger partial charge in [0, 0.05) is 32.1 Å². The Hall–Kier alpha value is -2.08. The second-order valence-electron chi connectivity index (χ2n) is 8.71. The molecule has 0 radical (unpaired) electrons. The maximum absolute atomic E-state index is 12.0. The molecular formula is C24H30N2O3. The number of piperidine rings is 1. The Kier molecular flexibility index (Phi) is 5.20. The SMILES string of the molecule is OC1(c2ccc3c(c2)OCO3)CN(Cc2ccccc2)CC1CN1CCCCC1. The quantitative estimate of drug-likeness (QED) is 0.844. The van der Waals surface area contributed by atoms with E-state index >= 15 is 0 Å². The van der Waals surface area contributed by atoms with Gasteiger partial charge in [0.15, 0.2) is 11.5 Å². The van der Waals surface area contributed by atoms with Gasteiger partial charge in [0.2, 0.25) is 6.79 Å². The van der Waals surface area contributed by atoms with Gasteiger partial charge in [0.05, 0.1) is 0 Å². The standard InChI is InChI=1S/C24H30N2O3/c27-24(20-9-10-22-23(13-20)29-18-28-22)17-26(14-19-7-3-1-4-8-19)16-21(24)15-25-11-5-2-6-12-25/h1,3-4,7-10,13,21,27H,2,5-6,11-12,14-18H2. The first-order valence-corrected chi connectivity index (χ1v) is 10.8. The zero-order valence-corrected chi connectivity index (χ0v) is 16.9. The van der Waals surface area contributed by atoms with Gasteiger partial charge in [0.1, 0.15) is 5.60 Å². The summed E-state index contributed by atoms with van der Waals surface area (Å²) >= 11 is 0. The number of hydrogen-bond acceptors (Lipinski definition) is 5. The van der Waals surface area contributed by atoms with Crippen LogP contribution in [-0.4, -0.2) is 54.4 Å². The van der Waals surface area contributed by atoms with Crippen LogP contribution in [0.4, 0.5) is 0 Å². The maximum atomic E-state index is 12.0. The third kappa shape index (κ3) is 3.87. The minimum atomic E-state index is -0.882. The third-order valence-electron chi connectivity index (χ3n) is 6.67. The predicted octanol–water partition coefficient (Wildman–Crippen LogP) is 3.22. The highest BCUT2D eigenvalue weighted by molar-refractivity contribution is 5.46. The van der Waals surface area contributed by atoms with Crippen LogP contribution in [0.1, 0.15) is 30.4 Å². The largest absolute Gasteiger partial charge is 0.454 e. The molecule has 0 amide bonds. The van der Waals surface area contributed by atoms with Crippen LogP contribution >= 0.6 is 0 Å². The highest BCUT2D eigenvalue weighted by Gasteiger charge is 2.47. The number of nitrogens with zero attached hydrogens (tertiary/aromatic N) is 2. The van der Waals surface area contributed by atoms with Crippen molar-refractivity contribution in [2.24, 2.45) is 5.92 Å². The fourth-order valence-corrected chi connectivity index (χ4v) is 5.11. The van der Waals surface area contributed by atoms with Crippen LogP contribution in [0.2, 0.25) is 0 Å². The second kappa shape index (κ2) is 7.98. The average Bonchev–Trinajstić information content (AvgIpc) is 3.34. The van der Waals surface area contributed by atoms with Crippen molar-refractivity contribution in [2.75, 3.05) is 39.5 Å². The highest BCUT2D eigenvalue weighted by atomic mass is 16.7. The Morgan fingerprint density at radius 1 is 0.931 bits per heavy atom. The van der Waals surface area contributed by atoms with Gasteiger partial charge < -0.3 is 19.5 Å². The summed E-state index contributed by atoms with van der Waals surface area (Å²) < 4.78 is 11.1. The fraction of sp³-hybridized carbons (Fsp3) is 0.500. The molecule has 5 rings (SSSR count). The van der Waals surface area contributed by atoms with Crippen LogP contribution in [0.15, 0.2) is 48.5 Å². The molecule has 3 aliphatic rings. The van der Waals surface area contributed by atoms with Gasteiger partial charge in [-0.15, -0.1) is 0 Å². The van der Waals surface area contributed by atoms with E-state index in [4.69, 9.17) is 9.47 Å². The summed E-state index contributed by atoms with van der Waals surface area (Å²) in [4.78, 5) is 4.94. The summed E-state index contributed by atoms with van der Waals surface area (Å²) in [6.45, 7) is 5.89. The molecule has 29 heavy (non-hydrogen) atoms. The molecule has 2 aromatic rings. The summed E-state index contributed by atoms with van der Waals surface area (Å²) in [6.07, 6.45) is 3.86. The van der Waals surface area contributed by atoms with Crippen LogP contribution < -0.4 is 9.47 Å². The molecule has 5 nitrogen and oxygen atoms in total. The van der Waals surface area contributed by atoms with Crippen molar-refractivity contribution in [3.8, 4) is 11.5 Å². The fourth-order valence-electron chi connectivity index (χ4n) is 5.11. The molecule has 0 aliphatic carbocycles. The van der Waals surface area contributed by atoms with E-state index in [1.165, 1.54) is 24.8 Å². The van der Waals surface area contributed by atoms with Crippen LogP contribution in [-0.2, 0) is 12.1 Å². The Balaban J connectivity index is 1.40. The molecule has 0 spiro atoms. The van der Waals surface area contributed by atoms with Gasteiger partial charge in [-0.05, 0) is 49.2 Å². The lowest BCUT2D eigenvalue weighted by Gasteiger charge is -2.35. The molecule has 154 valence electrons. The molecule has 2 aromatic carbocycles. The normalized spacial score (nSPS) is 27.4. The zero-order valence-electron chi connectivity index (χ0n) is 16.9. The lowest BCUT2D eigenvalue weighted by Crippen LogP contribution is -2.43. The summed E-state index contributed by atoms with van der Waals surface area (Å²) in [6, 6.07) is 16.5. The van der Waals surface area contributed by atoms with Crippen molar-refractivity contribution in [3.05, 3.63) is 59.7 Å². The number of rotatable bonds is 5. The van der Waals surface area contributed by atoms with E-state index < -0.39 is 5.60 Å². The van der Waals surface area contributed by atoms with Gasteiger partial charge >= 0.3 is 0 Å². The topological polar surface area (TPSA) is 45.2 Å². The van der Waals surface area contributed by atoms with Crippen LogP contribution in [0.5, 0.6) is 11.5 Å². The molecule has 1 N–H and O–H groups in total. The van der Waals surface area contributed by atoms with Crippen molar-refractivity contribution < 1.29 is 14.6 Å². The van der Waals surface area contributed by atoms with E-state index in [1.807, 2.05) is 18.2 Å². The lowest BCUT2D eigenvalue weighted by atomic mass is 9.83. The minimum absolute atomic E-state index is 0.171. The monoisotopic (exact) mass is 394 g/mol. The number of fused-ring (bicyclic) bond motifs is 1. The molecule has 0 aromatic heterocycles. The molecule has 0 bridgehead atoms. The molecule has 2 atom stereocenters. The molecule has 2 saturated heterocycles. The summed E-state index contributed by atoms with van der Waals surface area (Å²) in [5.41, 5.74) is 1.35. The molecule has 3 aliphatic heterocycles. The number of benzene rings is 2. The number of aliphatic hydroxyl groups is 1. The lowest BCUT2D eigenvalue weighted by molar-refractivity contribution is -0.00745. The first kappa shape index (κ1) is 18.9. The molecular weight excluding hydrogens is 364 g/mol. The van der Waals surface area contributed by atoms with Crippen molar-refractivity contribution in [1.82, 2.24) is 9.80 Å². The molecule has 3 heterocycles. The molecule has 5 heteroatoms. The zero-order chi connectivity index (χ0) is 19.7. The van der Waals surface area contributed by atoms with Crippen molar-refractivity contribution in [1.29, 1.82) is 0 Å². The Labute approximate surface area is 172 Å². The first-order chi connectivity index (χ1) is 14.2. The smallest absolute Gasteiger partial charge is 0.231 e. The number of ether oxygens (including phenoxy) is 2. The van der Waals surface area contributed by atoms with Crippen molar-refractivity contribution >= 4 is 0 Å². The van der Waals surface area contributed by atoms with E-state index in [-0.39, 0.29) is 12.7 Å². The van der Waals surface area contributed by atoms with E-state index in [2.05, 4.69) is 40.1 Å². The van der Waals surface area contributed by atoms with Gasteiger partial charge in [-0.25, -0.2) is 0 Å². The van der Waals surface area contributed by atoms with Crippen LogP contribution in [0, 0.1) is 5.92 Å². The Morgan fingerprint density at radius 2 is 1.72 bits per heavy atom. The number of β-amino-alcohol motifs (C(OH)–C–C–N with tert-alkyl or cyclic N) is 1. The number of hydrogen-bond donors (Lipinski definition) is 1. The highest BCUT2D eigenvalue weighted by Crippen LogP contribution is 2.42. The minimum Gasteiger partial charge on any atom is -0.454 e. The van der Waals surface area contributed by atoms with E-state index in [0.717, 1.165) is 49.8 Å². The van der Waals surface area contributed by atoms with Crippen LogP contribution in [0.25, 0.3) is 0 Å². The molecule has 2 fully saturated rings. The summed E-state index contributed by atoms with van der Waals surface area (Å²) in [7, 11) is 0. The third-order valence-corrected chi connectivity index (χ3v) is 6.67. The van der Waals surface area contributed by atoms with Crippen molar-refractivity contribution in [2.45, 2.75) is 31.4 Å². The molecule has 2 unspecified atom stereocenters.